The average molecular weight is 267 g/mol. The first-order valence-electron chi connectivity index (χ1n) is 5.60. The van der Waals surface area contributed by atoms with Gasteiger partial charge >= 0.3 is 5.97 Å². The highest BCUT2D eigenvalue weighted by Gasteiger charge is 2.14. The number of carboxylic acid groups (broad SMARTS) is 1. The first kappa shape index (κ1) is 13.2. The van der Waals surface area contributed by atoms with Crippen LogP contribution in [0.15, 0.2) is 22.7 Å². The molecule has 1 N–H and O–H groups in total. The number of aryl methyl sites for hydroxylation is 2. The molecule has 0 saturated carbocycles. The maximum Gasteiger partial charge on any atom is 0.303 e. The Morgan fingerprint density at radius 2 is 2.11 bits per heavy atom. The Hall–Kier alpha value is -2.24. The van der Waals surface area contributed by atoms with E-state index in [4.69, 9.17) is 9.52 Å². The quantitative estimate of drug-likeness (QED) is 0.925. The molecule has 0 amide bonds. The molecule has 0 bridgehead atoms. The molecule has 4 nitrogen and oxygen atoms in total. The van der Waals surface area contributed by atoms with E-state index < -0.39 is 17.6 Å². The molecule has 100 valence electrons. The molecule has 0 spiro atoms. The van der Waals surface area contributed by atoms with Crippen molar-refractivity contribution in [2.24, 2.45) is 0 Å². The molecule has 19 heavy (non-hydrogen) atoms. The largest absolute Gasteiger partial charge is 0.481 e. The van der Waals surface area contributed by atoms with E-state index >= 15 is 0 Å². The monoisotopic (exact) mass is 267 g/mol. The molecule has 0 aliphatic carbocycles. The molecule has 0 unspecified atom stereocenters. The van der Waals surface area contributed by atoms with Crippen LogP contribution in [-0.2, 0) is 11.2 Å². The Labute approximate surface area is 107 Å². The van der Waals surface area contributed by atoms with E-state index in [1.165, 1.54) is 13.1 Å². The number of carboxylic acids is 1. The van der Waals surface area contributed by atoms with E-state index in [1.54, 1.807) is 0 Å². The average Bonchev–Trinajstić information content (AvgIpc) is 2.80. The van der Waals surface area contributed by atoms with Crippen LogP contribution < -0.4 is 0 Å². The second-order valence-electron chi connectivity index (χ2n) is 4.09. The molecular weight excluding hydrogens is 256 g/mol. The molecule has 1 aromatic heterocycles. The minimum Gasteiger partial charge on any atom is -0.481 e. The van der Waals surface area contributed by atoms with Crippen LogP contribution >= 0.6 is 0 Å². The third-order valence-electron chi connectivity index (χ3n) is 2.62. The Morgan fingerprint density at radius 3 is 2.79 bits per heavy atom. The molecule has 6 heteroatoms. The highest BCUT2D eigenvalue weighted by molar-refractivity contribution is 5.66. The summed E-state index contributed by atoms with van der Waals surface area (Å²) in [6.45, 7) is 1.46. The maximum absolute atomic E-state index is 13.7. The van der Waals surface area contributed by atoms with Crippen molar-refractivity contribution >= 4 is 5.97 Å². The summed E-state index contributed by atoms with van der Waals surface area (Å²) < 4.78 is 32.3. The Balaban J connectivity index is 2.27. The minimum atomic E-state index is -0.979. The number of halogens is 2. The first-order valence-corrected chi connectivity index (χ1v) is 5.60. The number of benzene rings is 1. The summed E-state index contributed by atoms with van der Waals surface area (Å²) in [6.07, 6.45) is 1.22. The number of nitrogens with zero attached hydrogens (tertiary/aromatic N) is 1. The minimum absolute atomic E-state index is 0.0304. The first-order chi connectivity index (χ1) is 8.97. The lowest BCUT2D eigenvalue weighted by atomic mass is 10.1. The zero-order valence-corrected chi connectivity index (χ0v) is 10.1. The standard InChI is InChI=1S/C13H11F2NO3/c1-7-4-10(15)8(5-9(7)14)11-6-16-12(19-11)2-3-13(17)18/h4-6H,2-3H2,1H3,(H,17,18). The zero-order chi connectivity index (χ0) is 14.0. The van der Waals surface area contributed by atoms with Gasteiger partial charge < -0.3 is 9.52 Å². The van der Waals surface area contributed by atoms with E-state index in [0.29, 0.717) is 0 Å². The van der Waals surface area contributed by atoms with Gasteiger partial charge in [-0.3, -0.25) is 4.79 Å². The molecule has 0 radical (unpaired) electrons. The number of hydrogen-bond acceptors (Lipinski definition) is 3. The summed E-state index contributed by atoms with van der Waals surface area (Å²) in [5.74, 6) is -1.87. The number of aromatic nitrogens is 1. The number of oxazole rings is 1. The fourth-order valence-corrected chi connectivity index (χ4v) is 1.60. The van der Waals surface area contributed by atoms with Gasteiger partial charge in [-0.2, -0.15) is 0 Å². The van der Waals surface area contributed by atoms with E-state index in [1.807, 2.05) is 0 Å². The van der Waals surface area contributed by atoms with Gasteiger partial charge in [0.25, 0.3) is 0 Å². The lowest BCUT2D eigenvalue weighted by molar-refractivity contribution is -0.137. The van der Waals surface area contributed by atoms with Crippen LogP contribution in [0.4, 0.5) is 8.78 Å². The molecule has 0 saturated heterocycles. The van der Waals surface area contributed by atoms with Gasteiger partial charge in [0.05, 0.1) is 18.2 Å². The fraction of sp³-hybridized carbons (Fsp3) is 0.231. The number of carbonyl (C=O) groups is 1. The molecule has 2 aromatic rings. The van der Waals surface area contributed by atoms with Crippen molar-refractivity contribution in [3.63, 3.8) is 0 Å². The highest BCUT2D eigenvalue weighted by atomic mass is 19.1. The Morgan fingerprint density at radius 1 is 1.37 bits per heavy atom. The second kappa shape index (κ2) is 5.17. The van der Waals surface area contributed by atoms with Crippen LogP contribution in [-0.4, -0.2) is 16.1 Å². The van der Waals surface area contributed by atoms with Crippen molar-refractivity contribution in [1.82, 2.24) is 4.98 Å². The summed E-state index contributed by atoms with van der Waals surface area (Å²) in [4.78, 5) is 14.2. The van der Waals surface area contributed by atoms with E-state index in [-0.39, 0.29) is 35.6 Å². The number of aliphatic carboxylic acids is 1. The van der Waals surface area contributed by atoms with Gasteiger partial charge in [-0.25, -0.2) is 13.8 Å². The van der Waals surface area contributed by atoms with Crippen LogP contribution in [0.25, 0.3) is 11.3 Å². The second-order valence-corrected chi connectivity index (χ2v) is 4.09. The summed E-state index contributed by atoms with van der Waals surface area (Å²) in [5.41, 5.74) is 0.170. The molecule has 1 heterocycles. The van der Waals surface area contributed by atoms with Crippen molar-refractivity contribution < 1.29 is 23.1 Å². The third kappa shape index (κ3) is 2.96. The van der Waals surface area contributed by atoms with Gasteiger partial charge in [0, 0.05) is 6.42 Å². The van der Waals surface area contributed by atoms with Crippen LogP contribution in [0, 0.1) is 18.6 Å². The van der Waals surface area contributed by atoms with Gasteiger partial charge in [-0.05, 0) is 24.6 Å². The Bertz CT molecular complexity index is 622. The molecule has 1 aromatic carbocycles. The lowest BCUT2D eigenvalue weighted by Crippen LogP contribution is -1.97. The smallest absolute Gasteiger partial charge is 0.303 e. The van der Waals surface area contributed by atoms with Crippen molar-refractivity contribution in [2.75, 3.05) is 0 Å². The zero-order valence-electron chi connectivity index (χ0n) is 10.1. The highest BCUT2D eigenvalue weighted by Crippen LogP contribution is 2.26. The van der Waals surface area contributed by atoms with Crippen LogP contribution in [0.1, 0.15) is 17.9 Å². The number of rotatable bonds is 4. The molecule has 0 aliphatic heterocycles. The van der Waals surface area contributed by atoms with Crippen molar-refractivity contribution in [3.8, 4) is 11.3 Å². The van der Waals surface area contributed by atoms with Crippen molar-refractivity contribution in [3.05, 3.63) is 41.4 Å². The van der Waals surface area contributed by atoms with Gasteiger partial charge in [-0.1, -0.05) is 0 Å². The van der Waals surface area contributed by atoms with E-state index in [9.17, 15) is 13.6 Å². The molecule has 2 rings (SSSR count). The van der Waals surface area contributed by atoms with Gasteiger partial charge in [-0.15, -0.1) is 0 Å². The third-order valence-corrected chi connectivity index (χ3v) is 2.62. The molecular formula is C13H11F2NO3. The summed E-state index contributed by atoms with van der Waals surface area (Å²) in [5, 5.41) is 8.53. The van der Waals surface area contributed by atoms with E-state index in [0.717, 1.165) is 12.1 Å². The SMILES string of the molecule is Cc1cc(F)c(-c2cnc(CCC(=O)O)o2)cc1F. The normalized spacial score (nSPS) is 10.7. The summed E-state index contributed by atoms with van der Waals surface area (Å²) in [6, 6.07) is 2.11. The maximum atomic E-state index is 13.7. The van der Waals surface area contributed by atoms with Gasteiger partial charge in [0.15, 0.2) is 11.7 Å². The van der Waals surface area contributed by atoms with Crippen molar-refractivity contribution in [1.29, 1.82) is 0 Å². The van der Waals surface area contributed by atoms with Gasteiger partial charge in [0.1, 0.15) is 11.6 Å². The van der Waals surface area contributed by atoms with Crippen LogP contribution in [0.3, 0.4) is 0 Å². The van der Waals surface area contributed by atoms with Gasteiger partial charge in [0.2, 0.25) is 0 Å². The predicted octanol–water partition coefficient (Wildman–Crippen LogP) is 2.95. The predicted molar refractivity (Wildman–Crippen MR) is 62.5 cm³/mol. The van der Waals surface area contributed by atoms with Crippen LogP contribution in [0.5, 0.6) is 0 Å². The Kier molecular flexibility index (Phi) is 3.59. The summed E-state index contributed by atoms with van der Waals surface area (Å²) in [7, 11) is 0. The van der Waals surface area contributed by atoms with E-state index in [2.05, 4.69) is 4.98 Å². The fourth-order valence-electron chi connectivity index (χ4n) is 1.60. The summed E-state index contributed by atoms with van der Waals surface area (Å²) >= 11 is 0. The van der Waals surface area contributed by atoms with Crippen molar-refractivity contribution in [2.45, 2.75) is 19.8 Å². The topological polar surface area (TPSA) is 63.3 Å². The lowest BCUT2D eigenvalue weighted by Gasteiger charge is -2.02. The number of hydrogen-bond donors (Lipinski definition) is 1. The molecule has 0 aliphatic rings. The van der Waals surface area contributed by atoms with Crippen LogP contribution in [0.2, 0.25) is 0 Å². The molecule has 0 fully saturated rings. The molecule has 0 atom stereocenters.